The van der Waals surface area contributed by atoms with Gasteiger partial charge in [-0.3, -0.25) is 4.79 Å². The Bertz CT molecular complexity index is 872. The number of carbonyl (C=O) groups excluding carboxylic acids is 1. The van der Waals surface area contributed by atoms with E-state index in [9.17, 15) is 4.79 Å². The zero-order valence-corrected chi connectivity index (χ0v) is 12.9. The van der Waals surface area contributed by atoms with E-state index < -0.39 is 0 Å². The third kappa shape index (κ3) is 3.24. The fourth-order valence-corrected chi connectivity index (χ4v) is 2.62. The van der Waals surface area contributed by atoms with E-state index in [0.717, 1.165) is 22.0 Å². The predicted octanol–water partition coefficient (Wildman–Crippen LogP) is 3.24. The highest BCUT2D eigenvalue weighted by molar-refractivity contribution is 5.88. The van der Waals surface area contributed by atoms with E-state index >= 15 is 0 Å². The van der Waals surface area contributed by atoms with E-state index in [1.165, 1.54) is 0 Å². The molecule has 0 aliphatic heterocycles. The first-order valence-electron chi connectivity index (χ1n) is 7.45. The number of carbonyl (C=O) groups is 1. The average molecular weight is 303 g/mol. The largest absolute Gasteiger partial charge is 0.361 e. The molecule has 1 amide bonds. The van der Waals surface area contributed by atoms with Crippen molar-refractivity contribution < 1.29 is 4.79 Å². The molecule has 4 heteroatoms. The second-order valence-corrected chi connectivity index (χ2v) is 5.59. The smallest absolute Gasteiger partial charge is 0.227 e. The minimum absolute atomic E-state index is 0.0686. The number of nitrogens with zero attached hydrogens (tertiary/aromatic N) is 2. The highest BCUT2D eigenvalue weighted by atomic mass is 16.2. The lowest BCUT2D eigenvalue weighted by molar-refractivity contribution is -0.129. The van der Waals surface area contributed by atoms with E-state index in [4.69, 9.17) is 5.26 Å². The summed E-state index contributed by atoms with van der Waals surface area (Å²) < 4.78 is 0. The van der Waals surface area contributed by atoms with Gasteiger partial charge < -0.3 is 9.88 Å². The minimum atomic E-state index is 0.0686. The molecular weight excluding hydrogens is 286 g/mol. The molecule has 1 N–H and O–H groups in total. The number of hydrogen-bond donors (Lipinski definition) is 1. The molecule has 1 heterocycles. The van der Waals surface area contributed by atoms with Crippen LogP contribution in [-0.2, 0) is 17.8 Å². The van der Waals surface area contributed by atoms with Crippen molar-refractivity contribution in [2.75, 3.05) is 7.05 Å². The topological polar surface area (TPSA) is 59.9 Å². The van der Waals surface area contributed by atoms with Crippen molar-refractivity contribution in [1.82, 2.24) is 9.88 Å². The highest BCUT2D eigenvalue weighted by Crippen LogP contribution is 2.19. The molecule has 114 valence electrons. The van der Waals surface area contributed by atoms with Crippen molar-refractivity contribution in [2.45, 2.75) is 13.0 Å². The Kier molecular flexibility index (Phi) is 4.11. The van der Waals surface area contributed by atoms with Crippen LogP contribution in [0.15, 0.2) is 54.7 Å². The molecule has 0 spiro atoms. The van der Waals surface area contributed by atoms with E-state index in [0.29, 0.717) is 18.5 Å². The Balaban J connectivity index is 1.68. The van der Waals surface area contributed by atoms with Crippen LogP contribution in [0.2, 0.25) is 0 Å². The molecule has 0 radical (unpaired) electrons. The summed E-state index contributed by atoms with van der Waals surface area (Å²) in [6.07, 6.45) is 2.27. The Morgan fingerprint density at radius 2 is 1.91 bits per heavy atom. The van der Waals surface area contributed by atoms with Crippen molar-refractivity contribution in [2.24, 2.45) is 0 Å². The van der Waals surface area contributed by atoms with Gasteiger partial charge in [0.25, 0.3) is 0 Å². The Morgan fingerprint density at radius 3 is 2.65 bits per heavy atom. The zero-order valence-electron chi connectivity index (χ0n) is 12.9. The Morgan fingerprint density at radius 1 is 1.17 bits per heavy atom. The molecule has 23 heavy (non-hydrogen) atoms. The molecule has 0 bridgehead atoms. The summed E-state index contributed by atoms with van der Waals surface area (Å²) in [5.41, 5.74) is 3.70. The maximum atomic E-state index is 12.4. The maximum Gasteiger partial charge on any atom is 0.227 e. The van der Waals surface area contributed by atoms with Crippen molar-refractivity contribution in [1.29, 1.82) is 5.26 Å². The summed E-state index contributed by atoms with van der Waals surface area (Å²) in [4.78, 5) is 17.3. The summed E-state index contributed by atoms with van der Waals surface area (Å²) in [5.74, 6) is 0.0686. The lowest BCUT2D eigenvalue weighted by Crippen LogP contribution is -2.27. The van der Waals surface area contributed by atoms with E-state index in [2.05, 4.69) is 11.1 Å². The van der Waals surface area contributed by atoms with Crippen LogP contribution in [-0.4, -0.2) is 22.8 Å². The first kappa shape index (κ1) is 14.9. The van der Waals surface area contributed by atoms with Gasteiger partial charge in [-0.15, -0.1) is 0 Å². The van der Waals surface area contributed by atoms with Gasteiger partial charge in [0.2, 0.25) is 5.91 Å². The van der Waals surface area contributed by atoms with Crippen molar-refractivity contribution in [3.05, 3.63) is 71.4 Å². The van der Waals surface area contributed by atoms with Crippen LogP contribution in [0.3, 0.4) is 0 Å². The number of likely N-dealkylation sites (N-methyl/N-ethyl adjacent to an activating group) is 1. The van der Waals surface area contributed by atoms with Crippen molar-refractivity contribution in [3.63, 3.8) is 0 Å². The van der Waals surface area contributed by atoms with E-state index in [-0.39, 0.29) is 5.91 Å². The van der Waals surface area contributed by atoms with Crippen molar-refractivity contribution in [3.8, 4) is 6.07 Å². The summed E-state index contributed by atoms with van der Waals surface area (Å²) in [7, 11) is 1.80. The van der Waals surface area contributed by atoms with Crippen LogP contribution in [0.5, 0.6) is 0 Å². The molecule has 0 saturated carbocycles. The number of hydrogen-bond acceptors (Lipinski definition) is 2. The van der Waals surface area contributed by atoms with Gasteiger partial charge in [0.05, 0.1) is 18.1 Å². The molecule has 0 atom stereocenters. The number of H-pyrrole nitrogens is 1. The number of fused-ring (bicyclic) bond motifs is 1. The quantitative estimate of drug-likeness (QED) is 0.804. The van der Waals surface area contributed by atoms with Gasteiger partial charge in [0, 0.05) is 30.7 Å². The number of para-hydroxylation sites is 1. The molecule has 1 aromatic heterocycles. The molecule has 0 unspecified atom stereocenters. The molecule has 0 aliphatic rings. The summed E-state index contributed by atoms with van der Waals surface area (Å²) >= 11 is 0. The molecule has 3 rings (SSSR count). The second kappa shape index (κ2) is 6.37. The fraction of sp³-hybridized carbons (Fsp3) is 0.158. The lowest BCUT2D eigenvalue weighted by atomic mass is 10.1. The van der Waals surface area contributed by atoms with Gasteiger partial charge in [-0.2, -0.15) is 5.26 Å². The van der Waals surface area contributed by atoms with Gasteiger partial charge >= 0.3 is 0 Å². The summed E-state index contributed by atoms with van der Waals surface area (Å²) in [6, 6.07) is 17.4. The first-order valence-corrected chi connectivity index (χ1v) is 7.45. The third-order valence-electron chi connectivity index (χ3n) is 3.95. The van der Waals surface area contributed by atoms with Crippen molar-refractivity contribution >= 4 is 16.8 Å². The normalized spacial score (nSPS) is 10.4. The zero-order chi connectivity index (χ0) is 16.2. The molecule has 4 nitrogen and oxygen atoms in total. The minimum Gasteiger partial charge on any atom is -0.361 e. The first-order chi connectivity index (χ1) is 11.2. The number of amides is 1. The number of nitrogens with one attached hydrogen (secondary N) is 1. The highest BCUT2D eigenvalue weighted by Gasteiger charge is 2.13. The number of nitriles is 1. The molecule has 0 saturated heterocycles. The number of benzene rings is 2. The van der Waals surface area contributed by atoms with Gasteiger partial charge in [-0.25, -0.2) is 0 Å². The predicted molar refractivity (Wildman–Crippen MR) is 89.6 cm³/mol. The fourth-order valence-electron chi connectivity index (χ4n) is 2.62. The molecule has 2 aromatic carbocycles. The summed E-state index contributed by atoms with van der Waals surface area (Å²) in [5, 5.41) is 9.90. The number of rotatable bonds is 4. The van der Waals surface area contributed by atoms with Crippen LogP contribution < -0.4 is 0 Å². The number of aromatic amines is 1. The van der Waals surface area contributed by atoms with Crippen LogP contribution >= 0.6 is 0 Å². The number of aromatic nitrogens is 1. The van der Waals surface area contributed by atoms with Crippen LogP contribution in [0.4, 0.5) is 0 Å². The SMILES string of the molecule is CN(Cc1ccc(C#N)cc1)C(=O)Cc1c[nH]c2ccccc12. The summed E-state index contributed by atoms with van der Waals surface area (Å²) in [6.45, 7) is 0.535. The Hall–Kier alpha value is -3.06. The second-order valence-electron chi connectivity index (χ2n) is 5.59. The third-order valence-corrected chi connectivity index (χ3v) is 3.95. The van der Waals surface area contributed by atoms with Crippen LogP contribution in [0, 0.1) is 11.3 Å². The van der Waals surface area contributed by atoms with Gasteiger partial charge in [0.15, 0.2) is 0 Å². The standard InChI is InChI=1S/C19H17N3O/c1-22(13-15-8-6-14(11-20)7-9-15)19(23)10-16-12-21-18-5-3-2-4-17(16)18/h2-9,12,21H,10,13H2,1H3. The lowest BCUT2D eigenvalue weighted by Gasteiger charge is -2.17. The molecule has 3 aromatic rings. The molecule has 0 aliphatic carbocycles. The maximum absolute atomic E-state index is 12.4. The van der Waals surface area contributed by atoms with Gasteiger partial charge in [-0.05, 0) is 29.3 Å². The average Bonchev–Trinajstić information content (AvgIpc) is 2.98. The van der Waals surface area contributed by atoms with E-state index in [1.54, 1.807) is 24.1 Å². The monoisotopic (exact) mass is 303 g/mol. The Labute approximate surface area is 135 Å². The van der Waals surface area contributed by atoms with Gasteiger partial charge in [0.1, 0.15) is 0 Å². The molecular formula is C19H17N3O. The van der Waals surface area contributed by atoms with Crippen LogP contribution in [0.25, 0.3) is 10.9 Å². The van der Waals surface area contributed by atoms with Gasteiger partial charge in [-0.1, -0.05) is 30.3 Å². The van der Waals surface area contributed by atoms with Crippen LogP contribution in [0.1, 0.15) is 16.7 Å². The molecule has 0 fully saturated rings. The van der Waals surface area contributed by atoms with E-state index in [1.807, 2.05) is 42.6 Å².